The Balaban J connectivity index is 2.14. The molecule has 0 aliphatic rings. The Labute approximate surface area is 165 Å². The lowest BCUT2D eigenvalue weighted by atomic mass is 10.2. The van der Waals surface area contributed by atoms with Crippen LogP contribution in [0.25, 0.3) is 0 Å². The molecule has 3 rings (SSSR count). The van der Waals surface area contributed by atoms with E-state index in [4.69, 9.17) is 16.3 Å². The maximum atomic E-state index is 13.5. The fourth-order valence-corrected chi connectivity index (χ4v) is 4.74. The van der Waals surface area contributed by atoms with Crippen LogP contribution in [0, 0.1) is 6.92 Å². The summed E-state index contributed by atoms with van der Waals surface area (Å²) in [5.41, 5.74) is 1.93. The summed E-state index contributed by atoms with van der Waals surface area (Å²) in [6.07, 6.45) is 0. The zero-order valence-electron chi connectivity index (χ0n) is 15.1. The van der Waals surface area contributed by atoms with E-state index in [2.05, 4.69) is 0 Å². The van der Waals surface area contributed by atoms with E-state index in [9.17, 15) is 8.42 Å². The lowest BCUT2D eigenvalue weighted by Gasteiger charge is -2.26. The molecule has 3 aromatic carbocycles. The minimum absolute atomic E-state index is 0.189. The Kier molecular flexibility index (Phi) is 5.73. The highest BCUT2D eigenvalue weighted by Gasteiger charge is 2.27. The number of hydrogen-bond donors (Lipinski definition) is 0. The van der Waals surface area contributed by atoms with E-state index in [-0.39, 0.29) is 11.4 Å². The molecule has 27 heavy (non-hydrogen) atoms. The molecule has 0 aliphatic carbocycles. The monoisotopic (exact) mass is 401 g/mol. The van der Waals surface area contributed by atoms with Gasteiger partial charge in [0.05, 0.1) is 24.2 Å². The molecule has 0 aliphatic heterocycles. The van der Waals surface area contributed by atoms with Gasteiger partial charge in [0.25, 0.3) is 10.0 Å². The minimum atomic E-state index is -3.84. The van der Waals surface area contributed by atoms with Gasteiger partial charge in [-0.25, -0.2) is 8.42 Å². The molecule has 0 heterocycles. The van der Waals surface area contributed by atoms with Gasteiger partial charge in [0.15, 0.2) is 0 Å². The summed E-state index contributed by atoms with van der Waals surface area (Å²) in [5.74, 6) is 0.587. The smallest absolute Gasteiger partial charge is 0.264 e. The number of hydrogen-bond acceptors (Lipinski definition) is 3. The average Bonchev–Trinajstić information content (AvgIpc) is 2.68. The number of sulfonamides is 1. The first-order valence-corrected chi connectivity index (χ1v) is 10.2. The molecule has 4 nitrogen and oxygen atoms in total. The van der Waals surface area contributed by atoms with E-state index in [1.54, 1.807) is 56.5 Å². The van der Waals surface area contributed by atoms with E-state index in [1.807, 2.05) is 30.3 Å². The maximum absolute atomic E-state index is 13.5. The fraction of sp³-hybridized carbons (Fsp3) is 0.143. The molecule has 0 saturated carbocycles. The Morgan fingerprint density at radius 3 is 2.37 bits per heavy atom. The van der Waals surface area contributed by atoms with Crippen molar-refractivity contribution in [3.8, 4) is 5.75 Å². The van der Waals surface area contributed by atoms with Crippen molar-refractivity contribution in [1.82, 2.24) is 0 Å². The van der Waals surface area contributed by atoms with Gasteiger partial charge >= 0.3 is 0 Å². The lowest BCUT2D eigenvalue weighted by Crippen LogP contribution is -2.31. The summed E-state index contributed by atoms with van der Waals surface area (Å²) in [5, 5.41) is 0.418. The predicted molar refractivity (Wildman–Crippen MR) is 109 cm³/mol. The third kappa shape index (κ3) is 4.10. The Bertz CT molecular complexity index is 1040. The van der Waals surface area contributed by atoms with Gasteiger partial charge in [0, 0.05) is 11.1 Å². The van der Waals surface area contributed by atoms with Gasteiger partial charge in [-0.3, -0.25) is 4.31 Å². The molecule has 0 amide bonds. The molecular weight excluding hydrogens is 382 g/mol. The molecular formula is C21H20ClNO3S. The molecule has 0 bridgehead atoms. The SMILES string of the molecule is COc1cccc(N(Cc2ccccc2)S(=O)(=O)c2cccc(Cl)c2C)c1. The van der Waals surface area contributed by atoms with Crippen LogP contribution in [0.3, 0.4) is 0 Å². The van der Waals surface area contributed by atoms with Crippen molar-refractivity contribution >= 4 is 27.3 Å². The predicted octanol–water partition coefficient (Wildman–Crippen LogP) is 5.05. The van der Waals surface area contributed by atoms with Crippen LogP contribution in [0.1, 0.15) is 11.1 Å². The second-order valence-electron chi connectivity index (χ2n) is 6.06. The molecule has 3 aromatic rings. The van der Waals surface area contributed by atoms with Crippen LogP contribution in [0.15, 0.2) is 77.7 Å². The molecule has 0 spiro atoms. The summed E-state index contributed by atoms with van der Waals surface area (Å²) in [6, 6.07) is 21.4. The van der Waals surface area contributed by atoms with Gasteiger partial charge in [-0.05, 0) is 42.3 Å². The van der Waals surface area contributed by atoms with Crippen LogP contribution in [-0.2, 0) is 16.6 Å². The number of nitrogens with zero attached hydrogens (tertiary/aromatic N) is 1. The molecule has 0 aromatic heterocycles. The molecule has 0 atom stereocenters. The summed E-state index contributed by atoms with van der Waals surface area (Å²) in [7, 11) is -2.29. The zero-order chi connectivity index (χ0) is 19.4. The third-order valence-corrected chi connectivity index (χ3v) is 6.62. The van der Waals surface area contributed by atoms with Crippen molar-refractivity contribution in [3.05, 3.63) is 88.9 Å². The van der Waals surface area contributed by atoms with E-state index in [1.165, 1.54) is 4.31 Å². The second kappa shape index (κ2) is 8.03. The Morgan fingerprint density at radius 1 is 0.963 bits per heavy atom. The minimum Gasteiger partial charge on any atom is -0.497 e. The van der Waals surface area contributed by atoms with Gasteiger partial charge < -0.3 is 4.74 Å². The number of ether oxygens (including phenoxy) is 1. The van der Waals surface area contributed by atoms with E-state index < -0.39 is 10.0 Å². The third-order valence-electron chi connectivity index (χ3n) is 4.30. The first-order chi connectivity index (χ1) is 12.9. The van der Waals surface area contributed by atoms with Crippen LogP contribution in [0.5, 0.6) is 5.75 Å². The highest BCUT2D eigenvalue weighted by molar-refractivity contribution is 7.92. The van der Waals surface area contributed by atoms with Gasteiger partial charge in [0.2, 0.25) is 0 Å². The van der Waals surface area contributed by atoms with Crippen molar-refractivity contribution in [1.29, 1.82) is 0 Å². The Hall–Kier alpha value is -2.50. The lowest BCUT2D eigenvalue weighted by molar-refractivity contribution is 0.415. The maximum Gasteiger partial charge on any atom is 0.264 e. The normalized spacial score (nSPS) is 11.2. The highest BCUT2D eigenvalue weighted by atomic mass is 35.5. The number of halogens is 1. The molecule has 6 heteroatoms. The van der Waals surface area contributed by atoms with Gasteiger partial charge in [-0.15, -0.1) is 0 Å². The van der Waals surface area contributed by atoms with Crippen LogP contribution in [0.4, 0.5) is 5.69 Å². The van der Waals surface area contributed by atoms with E-state index in [0.717, 1.165) is 5.56 Å². The van der Waals surface area contributed by atoms with Crippen molar-refractivity contribution in [3.63, 3.8) is 0 Å². The van der Waals surface area contributed by atoms with E-state index in [0.29, 0.717) is 22.0 Å². The van der Waals surface area contributed by atoms with Crippen LogP contribution in [0.2, 0.25) is 5.02 Å². The van der Waals surface area contributed by atoms with Gasteiger partial charge in [-0.2, -0.15) is 0 Å². The van der Waals surface area contributed by atoms with Crippen LogP contribution >= 0.6 is 11.6 Å². The fourth-order valence-electron chi connectivity index (χ4n) is 2.82. The molecule has 0 N–H and O–H groups in total. The van der Waals surface area contributed by atoms with Crippen LogP contribution in [-0.4, -0.2) is 15.5 Å². The number of methoxy groups -OCH3 is 1. The molecule has 0 saturated heterocycles. The summed E-state index contributed by atoms with van der Waals surface area (Å²) in [6.45, 7) is 1.91. The Morgan fingerprint density at radius 2 is 1.67 bits per heavy atom. The van der Waals surface area contributed by atoms with Gasteiger partial charge in [-0.1, -0.05) is 54.1 Å². The molecule has 0 unspecified atom stereocenters. The average molecular weight is 402 g/mol. The summed E-state index contributed by atoms with van der Waals surface area (Å²) < 4.78 is 33.7. The van der Waals surface area contributed by atoms with Crippen LogP contribution < -0.4 is 9.04 Å². The number of benzene rings is 3. The van der Waals surface area contributed by atoms with Crippen molar-refractivity contribution in [2.45, 2.75) is 18.4 Å². The first kappa shape index (κ1) is 19.3. The second-order valence-corrected chi connectivity index (χ2v) is 8.30. The standard InChI is InChI=1S/C21H20ClNO3S/c1-16-20(22)12-7-13-21(16)27(24,25)23(15-17-8-4-3-5-9-17)18-10-6-11-19(14-18)26-2/h3-14H,15H2,1-2H3. The van der Waals surface area contributed by atoms with E-state index >= 15 is 0 Å². The summed E-state index contributed by atoms with van der Waals surface area (Å²) in [4.78, 5) is 0.189. The topological polar surface area (TPSA) is 46.6 Å². The van der Waals surface area contributed by atoms with Gasteiger partial charge in [0.1, 0.15) is 5.75 Å². The largest absolute Gasteiger partial charge is 0.497 e. The number of anilines is 1. The number of rotatable bonds is 6. The quantitative estimate of drug-likeness (QED) is 0.580. The van der Waals surface area contributed by atoms with Crippen molar-refractivity contribution in [2.24, 2.45) is 0 Å². The molecule has 0 radical (unpaired) electrons. The highest BCUT2D eigenvalue weighted by Crippen LogP contribution is 2.31. The molecule has 140 valence electrons. The van der Waals surface area contributed by atoms with Crippen molar-refractivity contribution < 1.29 is 13.2 Å². The first-order valence-electron chi connectivity index (χ1n) is 8.39. The van der Waals surface area contributed by atoms with Crippen molar-refractivity contribution in [2.75, 3.05) is 11.4 Å². The summed E-state index contributed by atoms with van der Waals surface area (Å²) >= 11 is 6.18. The zero-order valence-corrected chi connectivity index (χ0v) is 16.7. The molecule has 0 fully saturated rings.